The van der Waals surface area contributed by atoms with Crippen LogP contribution in [0.2, 0.25) is 0 Å². The van der Waals surface area contributed by atoms with E-state index < -0.39 is 10.8 Å². The minimum absolute atomic E-state index is 0.122. The fraction of sp³-hybridized carbons (Fsp3) is 0.283. The molecule has 11 aromatic rings. The van der Waals surface area contributed by atoms with Crippen LogP contribution in [0.15, 0.2) is 181 Å². The number of rotatable bonds is 26. The zero-order valence-corrected chi connectivity index (χ0v) is 62.7. The molecule has 6 aromatic heterocycles. The third-order valence-electron chi connectivity index (χ3n) is 22.0. The first-order valence-electron chi connectivity index (χ1n) is 37.3. The summed E-state index contributed by atoms with van der Waals surface area (Å²) in [5.41, 5.74) is 18.3. The van der Waals surface area contributed by atoms with Crippen molar-refractivity contribution in [3.8, 4) is 45.2 Å². The van der Waals surface area contributed by atoms with E-state index in [0.29, 0.717) is 44.5 Å². The molecule has 12 heteroatoms. The van der Waals surface area contributed by atoms with Gasteiger partial charge >= 0.3 is 0 Å². The molecule has 0 amide bonds. The summed E-state index contributed by atoms with van der Waals surface area (Å²) in [5.74, 6) is -0.473. The second-order valence-corrected chi connectivity index (χ2v) is 32.6. The summed E-state index contributed by atoms with van der Waals surface area (Å²) in [6, 6.07) is 59.6. The maximum atomic E-state index is 14.6. The number of hydrogen-bond acceptors (Lipinski definition) is 12. The number of ketones is 2. The van der Waals surface area contributed by atoms with Gasteiger partial charge in [0.05, 0.1) is 20.2 Å². The Morgan fingerprint density at radius 2 is 0.702 bits per heavy atom. The van der Waals surface area contributed by atoms with Gasteiger partial charge in [-0.05, 0) is 167 Å². The lowest BCUT2D eigenvalue weighted by atomic mass is 9.65. The van der Waals surface area contributed by atoms with Crippen molar-refractivity contribution in [2.45, 2.75) is 167 Å². The fourth-order valence-corrected chi connectivity index (χ4v) is 22.3. The molecule has 4 aliphatic carbocycles. The zero-order chi connectivity index (χ0) is 71.6. The van der Waals surface area contributed by atoms with Gasteiger partial charge in [-0.1, -0.05) is 202 Å². The molecule has 514 valence electrons. The predicted molar refractivity (Wildman–Crippen MR) is 428 cm³/mol. The lowest BCUT2D eigenvalue weighted by Gasteiger charge is -2.36. The van der Waals surface area contributed by atoms with E-state index >= 15 is 0 Å². The molecule has 15 rings (SSSR count). The first-order valence-corrected chi connectivity index (χ1v) is 40.5. The van der Waals surface area contributed by atoms with Crippen molar-refractivity contribution < 1.29 is 9.59 Å². The Morgan fingerprint density at radius 3 is 1.00 bits per heavy atom. The number of aryl methyl sites for hydroxylation is 4. The van der Waals surface area contributed by atoms with Crippen LogP contribution < -0.4 is 0 Å². The topological polar surface area (TPSA) is 155 Å². The van der Waals surface area contributed by atoms with E-state index in [1.807, 2.05) is 12.2 Å². The average molecular weight is 1430 g/mol. The summed E-state index contributed by atoms with van der Waals surface area (Å²) in [6.45, 7) is 9.05. The molecule has 5 aromatic carbocycles. The van der Waals surface area contributed by atoms with Crippen molar-refractivity contribution in [3.05, 3.63) is 279 Å². The Kier molecular flexibility index (Phi) is 20.1. The number of nitrogens with zero attached hydrogens (tertiary/aromatic N) is 6. The Balaban J connectivity index is 1.01. The third kappa shape index (κ3) is 12.0. The van der Waals surface area contributed by atoms with Crippen LogP contribution in [0.1, 0.15) is 239 Å². The smallest absolute Gasteiger partial charge is 0.194 e. The van der Waals surface area contributed by atoms with Crippen LogP contribution in [0.25, 0.3) is 63.0 Å². The number of Topliss-reactive ketones (excluding diaryl/α,β-unsaturated/α-hetero) is 2. The molecule has 0 saturated carbocycles. The van der Waals surface area contributed by atoms with E-state index in [9.17, 15) is 30.6 Å². The molecule has 0 saturated heterocycles. The Labute approximate surface area is 626 Å². The molecule has 0 atom stereocenters. The molecule has 0 bridgehead atoms. The third-order valence-corrected chi connectivity index (χ3v) is 26.8. The van der Waals surface area contributed by atoms with Crippen molar-refractivity contribution >= 4 is 99.0 Å². The summed E-state index contributed by atoms with van der Waals surface area (Å²) < 4.78 is 4.43. The molecular weight excluding hydrogens is 1350 g/mol. The molecule has 0 fully saturated rings. The predicted octanol–water partition coefficient (Wildman–Crippen LogP) is 24.4. The molecule has 8 nitrogen and oxygen atoms in total. The molecule has 0 aliphatic heterocycles. The number of pyridine rings is 2. The van der Waals surface area contributed by atoms with Crippen molar-refractivity contribution in [1.29, 1.82) is 21.0 Å². The molecule has 104 heavy (non-hydrogen) atoms. The highest BCUT2D eigenvalue weighted by Gasteiger charge is 2.55. The summed E-state index contributed by atoms with van der Waals surface area (Å²) in [6.07, 6.45) is 32.9. The van der Waals surface area contributed by atoms with Crippen molar-refractivity contribution in [1.82, 2.24) is 9.97 Å². The van der Waals surface area contributed by atoms with Crippen molar-refractivity contribution in [3.63, 3.8) is 0 Å². The molecule has 6 heterocycles. The van der Waals surface area contributed by atoms with E-state index in [-0.39, 0.29) is 22.7 Å². The monoisotopic (exact) mass is 1430 g/mol. The normalized spacial score (nSPS) is 14.9. The molecule has 0 unspecified atom stereocenters. The van der Waals surface area contributed by atoms with Gasteiger partial charge < -0.3 is 0 Å². The van der Waals surface area contributed by atoms with Gasteiger partial charge in [0.2, 0.25) is 0 Å². The molecule has 0 spiro atoms. The quantitative estimate of drug-likeness (QED) is 0.0295. The average Bonchev–Trinajstić information content (AvgIpc) is 1.49. The standard InChI is InChI=1S/C92H80N6O2S4/c1-5-9-13-17-21-57-25-33-63(34-26-57)91(64-35-27-58(28-36-64)22-18-14-10-6-2)77-49-72-78(50-71(77)87-83(91)89-79(103-87)47-67(101-89)45-73-81(61(51-93)52-94)75-55-97-43-41-69(75)85(73)99)92(65-37-29-59(30-38-65)23-19-15-11-7-3,66-39-31-60(32-40-66)24-20-16-12-8-4)84-88(72)104-80-48-68(102-90(80)84)46-74-82(62(53-95)54-96)76-56-98-44-42-70(76)86(74)100/h25-50,55-56H,5-24H2,1-4H3/b73-45-,74-46-. The summed E-state index contributed by atoms with van der Waals surface area (Å²) >= 11 is 6.95. The number of fused-ring (bicyclic) bond motifs is 12. The van der Waals surface area contributed by atoms with E-state index in [1.165, 1.54) is 165 Å². The molecule has 0 N–H and O–H groups in total. The second kappa shape index (κ2) is 30.0. The SMILES string of the molecule is CCCCCCc1ccc(C2(c3ccc(CCCCCC)cc3)c3cc4c(cc3-c3sc5cc(/C=C6\C(=O)c7ccncc7C6=C(C#N)C#N)sc5c32)C(c2ccc(CCCCCC)cc2)(c2ccc(CCCCCC)cc2)c2c-4sc3cc(/C=C4\C(=O)c5ccncc5C4=C(C#N)C#N)sc23)cc1. The van der Waals surface area contributed by atoms with Crippen LogP contribution >= 0.6 is 45.3 Å². The lowest BCUT2D eigenvalue weighted by Crippen LogP contribution is -2.30. The van der Waals surface area contributed by atoms with Gasteiger partial charge in [-0.2, -0.15) is 21.0 Å². The van der Waals surface area contributed by atoms with Gasteiger partial charge in [-0.15, -0.1) is 45.3 Å². The number of carbonyl (C=O) groups is 2. The first kappa shape index (κ1) is 69.7. The number of benzene rings is 5. The van der Waals surface area contributed by atoms with E-state index in [0.717, 1.165) is 79.9 Å². The minimum Gasteiger partial charge on any atom is -0.289 e. The van der Waals surface area contributed by atoms with Crippen LogP contribution in [0, 0.1) is 45.3 Å². The van der Waals surface area contributed by atoms with Gasteiger partial charge in [-0.3, -0.25) is 19.6 Å². The number of thiophene rings is 4. The van der Waals surface area contributed by atoms with Crippen LogP contribution in [-0.2, 0) is 36.5 Å². The van der Waals surface area contributed by atoms with Gasteiger partial charge in [0.15, 0.2) is 11.6 Å². The van der Waals surface area contributed by atoms with Gasteiger partial charge in [0.25, 0.3) is 0 Å². The highest BCUT2D eigenvalue weighted by Crippen LogP contribution is 2.68. The number of allylic oxidation sites excluding steroid dienone is 6. The Hall–Kier alpha value is -10.0. The first-order chi connectivity index (χ1) is 51.1. The fourth-order valence-electron chi connectivity index (χ4n) is 16.9. The van der Waals surface area contributed by atoms with Gasteiger partial charge in [0.1, 0.15) is 35.4 Å². The van der Waals surface area contributed by atoms with Gasteiger partial charge in [0, 0.05) is 109 Å². The Bertz CT molecular complexity index is 5040. The summed E-state index contributed by atoms with van der Waals surface area (Å²) in [4.78, 5) is 42.0. The van der Waals surface area contributed by atoms with Crippen molar-refractivity contribution in [2.75, 3.05) is 0 Å². The zero-order valence-electron chi connectivity index (χ0n) is 59.4. The lowest BCUT2D eigenvalue weighted by molar-refractivity contribution is 0.103. The molecule has 0 radical (unpaired) electrons. The van der Waals surface area contributed by atoms with E-state index in [4.69, 9.17) is 0 Å². The highest BCUT2D eigenvalue weighted by molar-refractivity contribution is 7.31. The molecular formula is C92H80N6O2S4. The maximum absolute atomic E-state index is 14.6. The second-order valence-electron chi connectivity index (χ2n) is 28.3. The van der Waals surface area contributed by atoms with Crippen LogP contribution in [0.5, 0.6) is 0 Å². The Morgan fingerprint density at radius 1 is 0.385 bits per heavy atom. The summed E-state index contributed by atoms with van der Waals surface area (Å²) in [7, 11) is 0. The minimum atomic E-state index is -0.851. The number of nitriles is 4. The number of unbranched alkanes of at least 4 members (excludes halogenated alkanes) is 12. The van der Waals surface area contributed by atoms with Crippen LogP contribution in [0.3, 0.4) is 0 Å². The number of aromatic nitrogens is 2. The summed E-state index contributed by atoms with van der Waals surface area (Å²) in [5, 5.41) is 41.7. The highest BCUT2D eigenvalue weighted by atomic mass is 32.1. The van der Waals surface area contributed by atoms with E-state index in [1.54, 1.807) is 82.3 Å². The maximum Gasteiger partial charge on any atom is 0.194 e. The molecule has 4 aliphatic rings. The largest absolute Gasteiger partial charge is 0.289 e. The van der Waals surface area contributed by atoms with Crippen LogP contribution in [0.4, 0.5) is 0 Å². The van der Waals surface area contributed by atoms with Crippen LogP contribution in [-0.4, -0.2) is 21.5 Å². The number of carbonyl (C=O) groups excluding carboxylic acids is 2. The van der Waals surface area contributed by atoms with Gasteiger partial charge in [-0.25, -0.2) is 0 Å². The van der Waals surface area contributed by atoms with E-state index in [2.05, 4.69) is 183 Å². The van der Waals surface area contributed by atoms with Crippen molar-refractivity contribution in [2.24, 2.45) is 0 Å². The number of hydrogen-bond donors (Lipinski definition) is 0.